The van der Waals surface area contributed by atoms with Gasteiger partial charge in [0, 0.05) is 18.3 Å². The first-order valence-electron chi connectivity index (χ1n) is 6.02. The number of aromatic nitrogens is 1. The van der Waals surface area contributed by atoms with E-state index in [-0.39, 0.29) is 5.91 Å². The van der Waals surface area contributed by atoms with E-state index in [2.05, 4.69) is 4.98 Å². The van der Waals surface area contributed by atoms with Crippen molar-refractivity contribution >= 4 is 40.1 Å². The molecule has 0 aliphatic carbocycles. The van der Waals surface area contributed by atoms with Crippen molar-refractivity contribution in [2.45, 2.75) is 13.8 Å². The lowest BCUT2D eigenvalue weighted by molar-refractivity contribution is 0.0996. The Bertz CT molecular complexity index is 662. The molecule has 0 bridgehead atoms. The topological polar surface area (TPSA) is 59.2 Å². The molecule has 1 aromatic carbocycles. The maximum atomic E-state index is 12.4. The zero-order chi connectivity index (χ0) is 14.9. The predicted molar refractivity (Wildman–Crippen MR) is 86.7 cm³/mol. The zero-order valence-corrected chi connectivity index (χ0v) is 13.1. The normalized spacial score (nSPS) is 10.3. The smallest absolute Gasteiger partial charge is 0.270 e. The van der Waals surface area contributed by atoms with Crippen LogP contribution in [0.25, 0.3) is 0 Å². The van der Waals surface area contributed by atoms with Gasteiger partial charge in [0.05, 0.1) is 10.7 Å². The van der Waals surface area contributed by atoms with E-state index in [1.807, 2.05) is 38.1 Å². The molecule has 1 aromatic heterocycles. The summed E-state index contributed by atoms with van der Waals surface area (Å²) in [6.07, 6.45) is 0. The van der Waals surface area contributed by atoms with Crippen LogP contribution >= 0.6 is 23.6 Å². The number of thiazole rings is 1. The fourth-order valence-electron chi connectivity index (χ4n) is 1.85. The highest BCUT2D eigenvalue weighted by atomic mass is 32.1. The minimum Gasteiger partial charge on any atom is -0.389 e. The SMILES string of the molecule is Cc1nc(C)c(C(=O)N(C)c2ccc(C(N)=S)cc2)s1. The number of carbonyl (C=O) groups excluding carboxylic acids is 1. The molecule has 0 aliphatic heterocycles. The molecule has 0 aliphatic rings. The van der Waals surface area contributed by atoms with Crippen molar-refractivity contribution in [3.8, 4) is 0 Å². The number of aryl methyl sites for hydroxylation is 2. The van der Waals surface area contributed by atoms with Crippen molar-refractivity contribution in [1.29, 1.82) is 0 Å². The van der Waals surface area contributed by atoms with E-state index in [4.69, 9.17) is 18.0 Å². The Morgan fingerprint density at radius 3 is 2.35 bits per heavy atom. The first kappa shape index (κ1) is 14.6. The van der Waals surface area contributed by atoms with Gasteiger partial charge >= 0.3 is 0 Å². The van der Waals surface area contributed by atoms with Gasteiger partial charge in [-0.15, -0.1) is 11.3 Å². The summed E-state index contributed by atoms with van der Waals surface area (Å²) in [6.45, 7) is 3.74. The van der Waals surface area contributed by atoms with Crippen molar-refractivity contribution in [2.75, 3.05) is 11.9 Å². The molecule has 2 aromatic rings. The molecule has 0 spiro atoms. The number of nitrogens with two attached hydrogens (primary N) is 1. The fraction of sp³-hybridized carbons (Fsp3) is 0.214. The molecule has 6 heteroatoms. The Morgan fingerprint density at radius 1 is 1.30 bits per heavy atom. The molecule has 0 fully saturated rings. The maximum Gasteiger partial charge on any atom is 0.270 e. The molecule has 4 nitrogen and oxygen atoms in total. The van der Waals surface area contributed by atoms with Crippen LogP contribution in [0.2, 0.25) is 0 Å². The van der Waals surface area contributed by atoms with Crippen molar-refractivity contribution < 1.29 is 4.79 Å². The van der Waals surface area contributed by atoms with Crippen molar-refractivity contribution in [1.82, 2.24) is 4.98 Å². The lowest BCUT2D eigenvalue weighted by atomic mass is 10.2. The quantitative estimate of drug-likeness (QED) is 0.886. The van der Waals surface area contributed by atoms with Gasteiger partial charge in [-0.3, -0.25) is 4.79 Å². The predicted octanol–water partition coefficient (Wildman–Crippen LogP) is 2.67. The van der Waals surface area contributed by atoms with E-state index >= 15 is 0 Å². The summed E-state index contributed by atoms with van der Waals surface area (Å²) in [5.41, 5.74) is 7.90. The van der Waals surface area contributed by atoms with Crippen LogP contribution < -0.4 is 10.6 Å². The van der Waals surface area contributed by atoms with Gasteiger partial charge in [-0.05, 0) is 38.1 Å². The number of nitrogens with zero attached hydrogens (tertiary/aromatic N) is 2. The summed E-state index contributed by atoms with van der Waals surface area (Å²) in [7, 11) is 1.74. The van der Waals surface area contributed by atoms with Gasteiger partial charge in [-0.25, -0.2) is 4.98 Å². The number of carbonyl (C=O) groups is 1. The Balaban J connectivity index is 2.26. The highest BCUT2D eigenvalue weighted by molar-refractivity contribution is 7.80. The summed E-state index contributed by atoms with van der Waals surface area (Å²) < 4.78 is 0. The second kappa shape index (κ2) is 5.68. The summed E-state index contributed by atoms with van der Waals surface area (Å²) in [5, 5.41) is 0.892. The van der Waals surface area contributed by atoms with Crippen molar-refractivity contribution in [2.24, 2.45) is 5.73 Å². The van der Waals surface area contributed by atoms with E-state index in [0.29, 0.717) is 9.87 Å². The molecule has 2 N–H and O–H groups in total. The number of anilines is 1. The van der Waals surface area contributed by atoms with Crippen LogP contribution in [-0.2, 0) is 0 Å². The number of hydrogen-bond donors (Lipinski definition) is 1. The zero-order valence-electron chi connectivity index (χ0n) is 11.5. The van der Waals surface area contributed by atoms with Crippen molar-refractivity contribution in [3.05, 3.63) is 45.4 Å². The lowest BCUT2D eigenvalue weighted by Crippen LogP contribution is -2.26. The van der Waals surface area contributed by atoms with Gasteiger partial charge in [0.25, 0.3) is 5.91 Å². The Morgan fingerprint density at radius 2 is 1.90 bits per heavy atom. The standard InChI is InChI=1S/C14H15N3OS2/c1-8-12(20-9(2)16-8)14(18)17(3)11-6-4-10(5-7-11)13(15)19/h4-7H,1-3H3,(H2,15,19). The van der Waals surface area contributed by atoms with Gasteiger partial charge in [0.15, 0.2) is 0 Å². The first-order chi connectivity index (χ1) is 9.40. The molecule has 0 atom stereocenters. The second-order valence-electron chi connectivity index (χ2n) is 4.42. The van der Waals surface area contributed by atoms with Crippen LogP contribution in [0.15, 0.2) is 24.3 Å². The van der Waals surface area contributed by atoms with E-state index in [9.17, 15) is 4.79 Å². The highest BCUT2D eigenvalue weighted by Crippen LogP contribution is 2.22. The van der Waals surface area contributed by atoms with Gasteiger partial charge in [0.1, 0.15) is 9.87 Å². The van der Waals surface area contributed by atoms with Gasteiger partial charge in [0.2, 0.25) is 0 Å². The monoisotopic (exact) mass is 305 g/mol. The highest BCUT2D eigenvalue weighted by Gasteiger charge is 2.19. The van der Waals surface area contributed by atoms with Gasteiger partial charge in [-0.1, -0.05) is 12.2 Å². The van der Waals surface area contributed by atoms with E-state index < -0.39 is 0 Å². The fourth-order valence-corrected chi connectivity index (χ4v) is 2.88. The van der Waals surface area contributed by atoms with Crippen LogP contribution in [0.5, 0.6) is 0 Å². The molecule has 1 amide bonds. The van der Waals surface area contributed by atoms with Crippen LogP contribution in [-0.4, -0.2) is 22.9 Å². The number of rotatable bonds is 3. The summed E-state index contributed by atoms with van der Waals surface area (Å²) in [6, 6.07) is 7.28. The van der Waals surface area contributed by atoms with Crippen LogP contribution in [0, 0.1) is 13.8 Å². The molecule has 1 heterocycles. The largest absolute Gasteiger partial charge is 0.389 e. The number of hydrogen-bond acceptors (Lipinski definition) is 4. The summed E-state index contributed by atoms with van der Waals surface area (Å²) >= 11 is 6.32. The molecule has 20 heavy (non-hydrogen) atoms. The molecule has 104 valence electrons. The number of amides is 1. The Labute approximate surface area is 127 Å². The Kier molecular flexibility index (Phi) is 4.15. The summed E-state index contributed by atoms with van der Waals surface area (Å²) in [4.78, 5) is 19.3. The third-order valence-electron chi connectivity index (χ3n) is 2.94. The number of benzene rings is 1. The van der Waals surface area contributed by atoms with Crippen LogP contribution in [0.4, 0.5) is 5.69 Å². The molecular weight excluding hydrogens is 290 g/mol. The number of thiocarbonyl (C=S) groups is 1. The minimum absolute atomic E-state index is 0.0591. The van der Waals surface area contributed by atoms with E-state index in [0.717, 1.165) is 22.0 Å². The lowest BCUT2D eigenvalue weighted by Gasteiger charge is -2.17. The summed E-state index contributed by atoms with van der Waals surface area (Å²) in [5.74, 6) is -0.0591. The van der Waals surface area contributed by atoms with Gasteiger partial charge in [-0.2, -0.15) is 0 Å². The molecule has 0 radical (unpaired) electrons. The van der Waals surface area contributed by atoms with Crippen molar-refractivity contribution in [3.63, 3.8) is 0 Å². The first-order valence-corrected chi connectivity index (χ1v) is 7.24. The molecule has 2 rings (SSSR count). The Hall–Kier alpha value is -1.79. The van der Waals surface area contributed by atoms with E-state index in [1.54, 1.807) is 11.9 Å². The van der Waals surface area contributed by atoms with Crippen LogP contribution in [0.1, 0.15) is 25.9 Å². The van der Waals surface area contributed by atoms with Crippen LogP contribution in [0.3, 0.4) is 0 Å². The molecule has 0 saturated carbocycles. The average molecular weight is 305 g/mol. The molecule has 0 unspecified atom stereocenters. The second-order valence-corrected chi connectivity index (χ2v) is 6.07. The maximum absolute atomic E-state index is 12.4. The third kappa shape index (κ3) is 2.86. The van der Waals surface area contributed by atoms with Gasteiger partial charge < -0.3 is 10.6 Å². The average Bonchev–Trinajstić information content (AvgIpc) is 2.76. The third-order valence-corrected chi connectivity index (χ3v) is 4.24. The molecule has 0 saturated heterocycles. The minimum atomic E-state index is -0.0591. The van der Waals surface area contributed by atoms with E-state index in [1.165, 1.54) is 11.3 Å². The molecular formula is C14H15N3OS2.